The molecule has 0 radical (unpaired) electrons. The molecule has 2 nitrogen and oxygen atoms in total. The standard InChI is InChI=1S/C12H15F2NO/c13-12(14)16-11-5-3-9(4-6-11)10-2-1-7-15-8-10/h3-6,10,12,15H,1-2,7-8H2. The first-order valence-corrected chi connectivity index (χ1v) is 5.51. The van der Waals surface area contributed by atoms with E-state index in [2.05, 4.69) is 10.1 Å². The van der Waals surface area contributed by atoms with Crippen molar-refractivity contribution in [3.63, 3.8) is 0 Å². The van der Waals surface area contributed by atoms with Crippen LogP contribution < -0.4 is 10.1 Å². The molecule has 1 aliphatic heterocycles. The smallest absolute Gasteiger partial charge is 0.387 e. The molecule has 1 heterocycles. The summed E-state index contributed by atoms with van der Waals surface area (Å²) < 4.78 is 28.2. The second-order valence-corrected chi connectivity index (χ2v) is 3.99. The third kappa shape index (κ3) is 2.92. The van der Waals surface area contributed by atoms with Gasteiger partial charge in [-0.15, -0.1) is 0 Å². The molecule has 4 heteroatoms. The van der Waals surface area contributed by atoms with Crippen molar-refractivity contribution in [2.45, 2.75) is 25.4 Å². The van der Waals surface area contributed by atoms with Crippen molar-refractivity contribution in [1.29, 1.82) is 0 Å². The summed E-state index contributed by atoms with van der Waals surface area (Å²) in [6.07, 6.45) is 2.32. The molecule has 0 spiro atoms. The molecule has 1 fully saturated rings. The first kappa shape index (κ1) is 11.3. The van der Waals surface area contributed by atoms with Crippen molar-refractivity contribution in [3.05, 3.63) is 29.8 Å². The first-order chi connectivity index (χ1) is 7.75. The second kappa shape index (κ2) is 5.25. The number of benzene rings is 1. The summed E-state index contributed by atoms with van der Waals surface area (Å²) in [4.78, 5) is 0. The van der Waals surface area contributed by atoms with Gasteiger partial charge in [0.25, 0.3) is 0 Å². The van der Waals surface area contributed by atoms with Crippen LogP contribution in [-0.2, 0) is 0 Å². The molecule has 1 aromatic carbocycles. The monoisotopic (exact) mass is 227 g/mol. The number of nitrogens with one attached hydrogen (secondary N) is 1. The molecular weight excluding hydrogens is 212 g/mol. The van der Waals surface area contributed by atoms with Crippen LogP contribution in [0.15, 0.2) is 24.3 Å². The zero-order chi connectivity index (χ0) is 11.4. The Kier molecular flexibility index (Phi) is 3.72. The number of hydrogen-bond acceptors (Lipinski definition) is 2. The van der Waals surface area contributed by atoms with Gasteiger partial charge >= 0.3 is 6.61 Å². The Labute approximate surface area is 93.6 Å². The molecule has 1 unspecified atom stereocenters. The van der Waals surface area contributed by atoms with Gasteiger partial charge in [0, 0.05) is 6.54 Å². The fraction of sp³-hybridized carbons (Fsp3) is 0.500. The van der Waals surface area contributed by atoms with Gasteiger partial charge in [0.15, 0.2) is 0 Å². The number of piperidine rings is 1. The molecule has 0 aliphatic carbocycles. The van der Waals surface area contributed by atoms with E-state index in [9.17, 15) is 8.78 Å². The van der Waals surface area contributed by atoms with Crippen molar-refractivity contribution in [2.75, 3.05) is 13.1 Å². The minimum Gasteiger partial charge on any atom is -0.435 e. The summed E-state index contributed by atoms with van der Waals surface area (Å²) in [7, 11) is 0. The zero-order valence-electron chi connectivity index (χ0n) is 8.96. The Morgan fingerprint density at radius 1 is 1.25 bits per heavy atom. The number of ether oxygens (including phenoxy) is 1. The van der Waals surface area contributed by atoms with E-state index in [4.69, 9.17) is 0 Å². The normalized spacial score (nSPS) is 21.1. The Morgan fingerprint density at radius 2 is 2.00 bits per heavy atom. The Hall–Kier alpha value is -1.16. The predicted octanol–water partition coefficient (Wildman–Crippen LogP) is 2.76. The van der Waals surface area contributed by atoms with Crippen LogP contribution in [0, 0.1) is 0 Å². The molecule has 1 aromatic rings. The topological polar surface area (TPSA) is 21.3 Å². The van der Waals surface area contributed by atoms with E-state index in [0.29, 0.717) is 5.92 Å². The lowest BCUT2D eigenvalue weighted by molar-refractivity contribution is -0.0498. The fourth-order valence-electron chi connectivity index (χ4n) is 2.06. The number of alkyl halides is 2. The van der Waals surface area contributed by atoms with Crippen molar-refractivity contribution in [2.24, 2.45) is 0 Å². The number of hydrogen-bond donors (Lipinski definition) is 1. The van der Waals surface area contributed by atoms with E-state index < -0.39 is 6.61 Å². The van der Waals surface area contributed by atoms with Gasteiger partial charge < -0.3 is 10.1 Å². The molecule has 1 N–H and O–H groups in total. The SMILES string of the molecule is FC(F)Oc1ccc(C2CCCNC2)cc1. The minimum absolute atomic E-state index is 0.225. The first-order valence-electron chi connectivity index (χ1n) is 5.51. The van der Waals surface area contributed by atoms with Crippen LogP contribution in [0.3, 0.4) is 0 Å². The lowest BCUT2D eigenvalue weighted by Crippen LogP contribution is -2.28. The van der Waals surface area contributed by atoms with E-state index >= 15 is 0 Å². The Morgan fingerprint density at radius 3 is 2.56 bits per heavy atom. The molecule has 0 bridgehead atoms. The molecule has 1 saturated heterocycles. The van der Waals surface area contributed by atoms with Gasteiger partial charge in [-0.1, -0.05) is 12.1 Å². The molecular formula is C12H15F2NO. The largest absolute Gasteiger partial charge is 0.435 e. The van der Waals surface area contributed by atoms with Gasteiger partial charge in [-0.2, -0.15) is 8.78 Å². The summed E-state index contributed by atoms with van der Waals surface area (Å²) in [5, 5.41) is 3.33. The minimum atomic E-state index is -2.75. The predicted molar refractivity (Wildman–Crippen MR) is 57.9 cm³/mol. The van der Waals surface area contributed by atoms with E-state index in [-0.39, 0.29) is 5.75 Å². The highest BCUT2D eigenvalue weighted by molar-refractivity contribution is 5.29. The molecule has 1 atom stereocenters. The number of halogens is 2. The molecule has 0 amide bonds. The quantitative estimate of drug-likeness (QED) is 0.857. The highest BCUT2D eigenvalue weighted by atomic mass is 19.3. The maximum absolute atomic E-state index is 11.9. The molecule has 16 heavy (non-hydrogen) atoms. The van der Waals surface area contributed by atoms with Crippen LogP contribution in [0.2, 0.25) is 0 Å². The lowest BCUT2D eigenvalue weighted by atomic mass is 9.92. The number of rotatable bonds is 3. The third-order valence-electron chi connectivity index (χ3n) is 2.87. The lowest BCUT2D eigenvalue weighted by Gasteiger charge is -2.23. The van der Waals surface area contributed by atoms with Gasteiger partial charge in [-0.3, -0.25) is 0 Å². The molecule has 88 valence electrons. The van der Waals surface area contributed by atoms with E-state index in [1.165, 1.54) is 12.0 Å². The Bertz CT molecular complexity index is 320. The highest BCUT2D eigenvalue weighted by Crippen LogP contribution is 2.25. The van der Waals surface area contributed by atoms with Crippen LogP contribution in [0.1, 0.15) is 24.3 Å². The van der Waals surface area contributed by atoms with Crippen LogP contribution in [0.25, 0.3) is 0 Å². The maximum atomic E-state index is 11.9. The molecule has 0 aromatic heterocycles. The Balaban J connectivity index is 2.00. The van der Waals surface area contributed by atoms with Crippen molar-refractivity contribution in [1.82, 2.24) is 5.32 Å². The molecule has 1 aliphatic rings. The van der Waals surface area contributed by atoms with E-state index in [0.717, 1.165) is 19.5 Å². The fourth-order valence-corrected chi connectivity index (χ4v) is 2.06. The summed E-state index contributed by atoms with van der Waals surface area (Å²) >= 11 is 0. The van der Waals surface area contributed by atoms with Crippen LogP contribution >= 0.6 is 0 Å². The van der Waals surface area contributed by atoms with Crippen molar-refractivity contribution in [3.8, 4) is 5.75 Å². The van der Waals surface area contributed by atoms with Gasteiger partial charge in [-0.05, 0) is 43.0 Å². The van der Waals surface area contributed by atoms with Crippen molar-refractivity contribution >= 4 is 0 Å². The van der Waals surface area contributed by atoms with Gasteiger partial charge in [0.1, 0.15) is 5.75 Å². The summed E-state index contributed by atoms with van der Waals surface area (Å²) in [5.74, 6) is 0.719. The van der Waals surface area contributed by atoms with Crippen LogP contribution in [0.4, 0.5) is 8.78 Å². The zero-order valence-corrected chi connectivity index (χ0v) is 8.96. The van der Waals surface area contributed by atoms with Gasteiger partial charge in [0.2, 0.25) is 0 Å². The van der Waals surface area contributed by atoms with E-state index in [1.54, 1.807) is 12.1 Å². The van der Waals surface area contributed by atoms with Gasteiger partial charge in [-0.25, -0.2) is 0 Å². The average Bonchev–Trinajstić information content (AvgIpc) is 2.30. The maximum Gasteiger partial charge on any atom is 0.387 e. The van der Waals surface area contributed by atoms with Crippen molar-refractivity contribution < 1.29 is 13.5 Å². The van der Waals surface area contributed by atoms with Gasteiger partial charge in [0.05, 0.1) is 0 Å². The molecule has 0 saturated carbocycles. The van der Waals surface area contributed by atoms with E-state index in [1.807, 2.05) is 12.1 Å². The highest BCUT2D eigenvalue weighted by Gasteiger charge is 2.15. The second-order valence-electron chi connectivity index (χ2n) is 3.99. The summed E-state index contributed by atoms with van der Waals surface area (Å²) in [5.41, 5.74) is 1.19. The molecule has 2 rings (SSSR count). The summed E-state index contributed by atoms with van der Waals surface area (Å²) in [6.45, 7) is -0.708. The van der Waals surface area contributed by atoms with Crippen LogP contribution in [0.5, 0.6) is 5.75 Å². The van der Waals surface area contributed by atoms with Crippen LogP contribution in [-0.4, -0.2) is 19.7 Å². The average molecular weight is 227 g/mol. The summed E-state index contributed by atoms with van der Waals surface area (Å²) in [6, 6.07) is 6.96. The third-order valence-corrected chi connectivity index (χ3v) is 2.87.